The third-order valence-electron chi connectivity index (χ3n) is 4.20. The fourth-order valence-electron chi connectivity index (χ4n) is 2.79. The predicted octanol–water partition coefficient (Wildman–Crippen LogP) is 2.39. The Morgan fingerprint density at radius 3 is 2.77 bits per heavy atom. The van der Waals surface area contributed by atoms with Crippen molar-refractivity contribution in [3.63, 3.8) is 0 Å². The molecular weight excluding hydrogens is 410 g/mol. The molecule has 2 aromatic carbocycles. The monoisotopic (exact) mass is 425 g/mol. The summed E-state index contributed by atoms with van der Waals surface area (Å²) in [5.41, 5.74) is 2.99. The Morgan fingerprint density at radius 2 is 1.97 bits per heavy atom. The molecule has 1 N–H and O–H groups in total. The zero-order chi connectivity index (χ0) is 21.1. The van der Waals surface area contributed by atoms with Crippen molar-refractivity contribution in [1.82, 2.24) is 19.4 Å². The average Bonchev–Trinajstić information content (AvgIpc) is 3.19. The lowest BCUT2D eigenvalue weighted by Gasteiger charge is -2.10. The molecule has 0 spiro atoms. The molecule has 9 nitrogen and oxygen atoms in total. The lowest BCUT2D eigenvalue weighted by atomic mass is 10.3. The molecule has 0 atom stereocenters. The third kappa shape index (κ3) is 3.96. The highest BCUT2D eigenvalue weighted by Gasteiger charge is 2.13. The first kappa shape index (κ1) is 19.5. The number of hydrogen-bond acceptors (Lipinski definition) is 6. The van der Waals surface area contributed by atoms with Crippen LogP contribution in [0.2, 0.25) is 5.02 Å². The number of carbonyl (C=O) groups is 1. The molecule has 2 aromatic heterocycles. The van der Waals surface area contributed by atoms with Crippen molar-refractivity contribution in [1.29, 1.82) is 0 Å². The van der Waals surface area contributed by atoms with Crippen molar-refractivity contribution >= 4 is 28.5 Å². The highest BCUT2D eigenvalue weighted by molar-refractivity contribution is 6.30. The molecule has 1 amide bonds. The second kappa shape index (κ2) is 8.26. The van der Waals surface area contributed by atoms with E-state index < -0.39 is 11.5 Å². The molecule has 0 aliphatic rings. The van der Waals surface area contributed by atoms with E-state index in [1.54, 1.807) is 48.5 Å². The van der Waals surface area contributed by atoms with Gasteiger partial charge in [0.05, 0.1) is 19.0 Å². The SMILES string of the molecule is COc1cccc(OCC(=O)Nn2cnc3c(cnn3-c3cccc(Cl)c3)c2=O)c1. The van der Waals surface area contributed by atoms with E-state index in [0.717, 1.165) is 4.68 Å². The molecule has 0 fully saturated rings. The van der Waals surface area contributed by atoms with Gasteiger partial charge in [-0.05, 0) is 30.3 Å². The molecule has 30 heavy (non-hydrogen) atoms. The average molecular weight is 426 g/mol. The lowest BCUT2D eigenvalue weighted by Crippen LogP contribution is -2.35. The molecule has 0 aliphatic carbocycles. The van der Waals surface area contributed by atoms with Gasteiger partial charge in [0.2, 0.25) is 0 Å². The Balaban J connectivity index is 1.51. The second-order valence-corrected chi connectivity index (χ2v) is 6.63. The van der Waals surface area contributed by atoms with Crippen LogP contribution in [0.3, 0.4) is 0 Å². The Labute approximate surface area is 175 Å². The van der Waals surface area contributed by atoms with Gasteiger partial charge in [-0.25, -0.2) is 14.3 Å². The van der Waals surface area contributed by atoms with Crippen molar-refractivity contribution < 1.29 is 14.3 Å². The van der Waals surface area contributed by atoms with Gasteiger partial charge in [0.15, 0.2) is 12.3 Å². The van der Waals surface area contributed by atoms with Crippen LogP contribution < -0.4 is 20.5 Å². The molecule has 0 saturated carbocycles. The first-order chi connectivity index (χ1) is 14.5. The van der Waals surface area contributed by atoms with Gasteiger partial charge in [0.25, 0.3) is 11.5 Å². The molecule has 152 valence electrons. The maximum absolute atomic E-state index is 12.7. The summed E-state index contributed by atoms with van der Waals surface area (Å²) in [6.07, 6.45) is 2.61. The number of nitrogens with one attached hydrogen (secondary N) is 1. The normalized spacial score (nSPS) is 10.7. The number of amides is 1. The van der Waals surface area contributed by atoms with Gasteiger partial charge >= 0.3 is 0 Å². The van der Waals surface area contributed by atoms with E-state index in [9.17, 15) is 9.59 Å². The summed E-state index contributed by atoms with van der Waals surface area (Å²) >= 11 is 6.02. The highest BCUT2D eigenvalue weighted by Crippen LogP contribution is 2.19. The Morgan fingerprint density at radius 1 is 1.17 bits per heavy atom. The van der Waals surface area contributed by atoms with Gasteiger partial charge in [0.1, 0.15) is 23.2 Å². The fraction of sp³-hybridized carbons (Fsp3) is 0.100. The Bertz CT molecular complexity index is 1280. The van der Waals surface area contributed by atoms with Crippen LogP contribution in [0, 0.1) is 0 Å². The van der Waals surface area contributed by atoms with Crippen LogP contribution in [0.15, 0.2) is 65.8 Å². The third-order valence-corrected chi connectivity index (χ3v) is 4.43. The summed E-state index contributed by atoms with van der Waals surface area (Å²) < 4.78 is 13.0. The van der Waals surface area contributed by atoms with Crippen LogP contribution in [-0.2, 0) is 4.79 Å². The molecule has 0 aliphatic heterocycles. The largest absolute Gasteiger partial charge is 0.497 e. The van der Waals surface area contributed by atoms with Crippen LogP contribution in [-0.4, -0.2) is 39.1 Å². The number of nitrogens with zero attached hydrogens (tertiary/aromatic N) is 4. The van der Waals surface area contributed by atoms with Gasteiger partial charge in [-0.2, -0.15) is 5.10 Å². The van der Waals surface area contributed by atoms with Crippen LogP contribution in [0.5, 0.6) is 11.5 Å². The van der Waals surface area contributed by atoms with Crippen molar-refractivity contribution in [2.75, 3.05) is 19.1 Å². The molecule has 0 radical (unpaired) electrons. The first-order valence-corrected chi connectivity index (χ1v) is 9.21. The number of carbonyl (C=O) groups excluding carboxylic acids is 1. The van der Waals surface area contributed by atoms with Crippen LogP contribution in [0.1, 0.15) is 0 Å². The highest BCUT2D eigenvalue weighted by atomic mass is 35.5. The molecule has 4 aromatic rings. The van der Waals surface area contributed by atoms with Crippen molar-refractivity contribution in [2.45, 2.75) is 0 Å². The number of methoxy groups -OCH3 is 1. The van der Waals surface area contributed by atoms with Gasteiger partial charge < -0.3 is 9.47 Å². The summed E-state index contributed by atoms with van der Waals surface area (Å²) in [6.45, 7) is -0.292. The minimum atomic E-state index is -0.525. The summed E-state index contributed by atoms with van der Waals surface area (Å²) in [5, 5.41) is 4.99. The van der Waals surface area contributed by atoms with Crippen LogP contribution in [0.4, 0.5) is 0 Å². The molecule has 0 unspecified atom stereocenters. The molecule has 4 rings (SSSR count). The maximum Gasteiger partial charge on any atom is 0.283 e. The number of aromatic nitrogens is 4. The van der Waals surface area contributed by atoms with E-state index >= 15 is 0 Å². The number of hydrogen-bond donors (Lipinski definition) is 1. The summed E-state index contributed by atoms with van der Waals surface area (Å²) in [4.78, 5) is 29.2. The summed E-state index contributed by atoms with van der Waals surface area (Å²) in [6, 6.07) is 13.9. The van der Waals surface area contributed by atoms with E-state index in [1.807, 2.05) is 0 Å². The number of fused-ring (bicyclic) bond motifs is 1. The van der Waals surface area contributed by atoms with Crippen LogP contribution >= 0.6 is 11.6 Å². The number of halogens is 1. The van der Waals surface area contributed by atoms with Crippen molar-refractivity contribution in [2.24, 2.45) is 0 Å². The quantitative estimate of drug-likeness (QED) is 0.509. The predicted molar refractivity (Wildman–Crippen MR) is 111 cm³/mol. The standard InChI is InChI=1S/C20H16ClN5O4/c1-29-15-6-3-7-16(9-15)30-11-18(27)24-25-12-22-19-17(20(25)28)10-23-26(19)14-5-2-4-13(21)8-14/h2-10,12H,11H2,1H3,(H,24,27). The smallest absolute Gasteiger partial charge is 0.283 e. The molecule has 0 bridgehead atoms. The van der Waals surface area contributed by atoms with Gasteiger partial charge in [0, 0.05) is 11.1 Å². The van der Waals surface area contributed by atoms with E-state index in [4.69, 9.17) is 21.1 Å². The fourth-order valence-corrected chi connectivity index (χ4v) is 2.98. The van der Waals surface area contributed by atoms with Crippen LogP contribution in [0.25, 0.3) is 16.7 Å². The maximum atomic E-state index is 12.7. The minimum Gasteiger partial charge on any atom is -0.497 e. The molecular formula is C20H16ClN5O4. The topological polar surface area (TPSA) is 100 Å². The van der Waals surface area contributed by atoms with E-state index in [0.29, 0.717) is 27.9 Å². The number of benzene rings is 2. The van der Waals surface area contributed by atoms with E-state index in [1.165, 1.54) is 24.3 Å². The molecule has 0 saturated heterocycles. The first-order valence-electron chi connectivity index (χ1n) is 8.83. The molecule has 10 heteroatoms. The Hall–Kier alpha value is -3.85. The molecule has 2 heterocycles. The minimum absolute atomic E-state index is 0.242. The lowest BCUT2D eigenvalue weighted by molar-refractivity contribution is -0.119. The zero-order valence-corrected chi connectivity index (χ0v) is 16.5. The van der Waals surface area contributed by atoms with Gasteiger partial charge in [-0.3, -0.25) is 15.0 Å². The number of ether oxygens (including phenoxy) is 2. The van der Waals surface area contributed by atoms with E-state index in [-0.39, 0.29) is 12.0 Å². The van der Waals surface area contributed by atoms with Crippen molar-refractivity contribution in [3.05, 3.63) is 76.4 Å². The van der Waals surface area contributed by atoms with Crippen molar-refractivity contribution in [3.8, 4) is 17.2 Å². The second-order valence-electron chi connectivity index (χ2n) is 6.20. The Kier molecular flexibility index (Phi) is 5.36. The van der Waals surface area contributed by atoms with Gasteiger partial charge in [-0.15, -0.1) is 0 Å². The van der Waals surface area contributed by atoms with Gasteiger partial charge in [-0.1, -0.05) is 23.7 Å². The summed E-state index contributed by atoms with van der Waals surface area (Å²) in [7, 11) is 1.54. The van der Waals surface area contributed by atoms with E-state index in [2.05, 4.69) is 15.5 Å². The number of rotatable bonds is 6. The zero-order valence-electron chi connectivity index (χ0n) is 15.8. The summed E-state index contributed by atoms with van der Waals surface area (Å²) in [5.74, 6) is 0.548.